The summed E-state index contributed by atoms with van der Waals surface area (Å²) in [6.45, 7) is 9.58. The summed E-state index contributed by atoms with van der Waals surface area (Å²) in [5, 5.41) is 10.8. The second kappa shape index (κ2) is 11.7. The maximum atomic E-state index is 5.34. The molecule has 0 radical (unpaired) electrons. The number of hydrogen-bond donors (Lipinski definition) is 2. The van der Waals surface area contributed by atoms with Gasteiger partial charge in [-0.3, -0.25) is 0 Å². The van der Waals surface area contributed by atoms with Gasteiger partial charge >= 0.3 is 0 Å². The lowest BCUT2D eigenvalue weighted by Crippen LogP contribution is -2.42. The molecule has 1 aliphatic carbocycles. The second-order valence-electron chi connectivity index (χ2n) is 6.91. The van der Waals surface area contributed by atoms with Crippen LogP contribution in [0.25, 0.3) is 0 Å². The normalized spacial score (nSPS) is 15.7. The minimum atomic E-state index is 0. The number of nitrogens with zero attached hydrogens (tertiary/aromatic N) is 3. The molecule has 25 heavy (non-hydrogen) atoms. The van der Waals surface area contributed by atoms with Crippen LogP contribution in [0, 0.1) is 0 Å². The highest BCUT2D eigenvalue weighted by Gasteiger charge is 2.18. The Bertz CT molecular complexity index is 511. The van der Waals surface area contributed by atoms with Gasteiger partial charge in [0, 0.05) is 31.7 Å². The van der Waals surface area contributed by atoms with Gasteiger partial charge in [0.25, 0.3) is 0 Å². The summed E-state index contributed by atoms with van der Waals surface area (Å²) in [6, 6.07) is 2.75. The molecule has 7 heteroatoms. The first-order chi connectivity index (χ1) is 11.6. The molecule has 2 rings (SSSR count). The largest absolute Gasteiger partial charge is 0.359 e. The zero-order valence-electron chi connectivity index (χ0n) is 16.0. The van der Waals surface area contributed by atoms with Crippen LogP contribution in [0.15, 0.2) is 15.6 Å². The quantitative estimate of drug-likeness (QED) is 0.352. The van der Waals surface area contributed by atoms with E-state index in [9.17, 15) is 0 Å². The van der Waals surface area contributed by atoms with Gasteiger partial charge in [0.2, 0.25) is 0 Å². The van der Waals surface area contributed by atoms with Crippen LogP contribution in [0.4, 0.5) is 0 Å². The first kappa shape index (κ1) is 22.2. The molecule has 1 fully saturated rings. The summed E-state index contributed by atoms with van der Waals surface area (Å²) in [6.07, 6.45) is 5.44. The third-order valence-corrected chi connectivity index (χ3v) is 4.61. The van der Waals surface area contributed by atoms with Crippen LogP contribution >= 0.6 is 24.0 Å². The molecule has 1 heterocycles. The Morgan fingerprint density at radius 3 is 2.68 bits per heavy atom. The predicted octanol–water partition coefficient (Wildman–Crippen LogP) is 3.35. The maximum Gasteiger partial charge on any atom is 0.191 e. The van der Waals surface area contributed by atoms with Crippen molar-refractivity contribution in [2.24, 2.45) is 4.99 Å². The molecule has 0 aromatic carbocycles. The van der Waals surface area contributed by atoms with E-state index in [2.05, 4.69) is 53.5 Å². The van der Waals surface area contributed by atoms with E-state index in [4.69, 9.17) is 4.52 Å². The molecule has 1 saturated carbocycles. The number of aromatic nitrogens is 1. The molecule has 2 N–H and O–H groups in total. The molecule has 6 nitrogen and oxygen atoms in total. The number of guanidine groups is 1. The van der Waals surface area contributed by atoms with Crippen LogP contribution < -0.4 is 10.6 Å². The van der Waals surface area contributed by atoms with Gasteiger partial charge < -0.3 is 20.1 Å². The summed E-state index contributed by atoms with van der Waals surface area (Å²) >= 11 is 0. The zero-order valence-corrected chi connectivity index (χ0v) is 18.4. The average Bonchev–Trinajstić information content (AvgIpc) is 3.24. The van der Waals surface area contributed by atoms with Crippen LogP contribution in [-0.2, 0) is 6.54 Å². The summed E-state index contributed by atoms with van der Waals surface area (Å²) < 4.78 is 5.34. The topological polar surface area (TPSA) is 65.7 Å². The van der Waals surface area contributed by atoms with Crippen molar-refractivity contribution in [1.29, 1.82) is 0 Å². The highest BCUT2D eigenvalue weighted by molar-refractivity contribution is 14.0. The molecule has 0 aliphatic heterocycles. The molecule has 0 atom stereocenters. The third kappa shape index (κ3) is 7.52. The van der Waals surface area contributed by atoms with E-state index in [1.807, 2.05) is 6.07 Å². The summed E-state index contributed by atoms with van der Waals surface area (Å²) in [7, 11) is 2.23. The fraction of sp³-hybridized carbons (Fsp3) is 0.778. The highest BCUT2D eigenvalue weighted by atomic mass is 127. The van der Waals surface area contributed by atoms with E-state index in [1.165, 1.54) is 25.7 Å². The van der Waals surface area contributed by atoms with E-state index in [0.29, 0.717) is 12.5 Å². The molecule has 0 saturated heterocycles. The van der Waals surface area contributed by atoms with Crippen molar-refractivity contribution < 1.29 is 4.52 Å². The standard InChI is InChI=1S/C18H33N5O.HI/c1-5-19-18(20-10-11-23(4)15-8-6-7-9-15)21-13-16-12-17(14(2)3)22-24-16;/h12,14-15H,5-11,13H2,1-4H3,(H2,19,20,21);1H. The lowest BCUT2D eigenvalue weighted by molar-refractivity contribution is 0.249. The molecule has 1 aromatic heterocycles. The minimum absolute atomic E-state index is 0. The van der Waals surface area contributed by atoms with Crippen molar-refractivity contribution in [2.45, 2.75) is 65.0 Å². The van der Waals surface area contributed by atoms with Gasteiger partial charge in [-0.05, 0) is 32.7 Å². The molecular formula is C18H34IN5O. The number of hydrogen-bond acceptors (Lipinski definition) is 4. The Hall–Kier alpha value is -0.830. The van der Waals surface area contributed by atoms with Gasteiger partial charge in [-0.1, -0.05) is 31.8 Å². The summed E-state index contributed by atoms with van der Waals surface area (Å²) in [4.78, 5) is 7.06. The number of halogens is 1. The minimum Gasteiger partial charge on any atom is -0.359 e. The van der Waals surface area contributed by atoms with Crippen LogP contribution in [0.1, 0.15) is 63.8 Å². The second-order valence-corrected chi connectivity index (χ2v) is 6.91. The number of aliphatic imine (C=N–C) groups is 1. The Kier molecular flexibility index (Phi) is 10.4. The van der Waals surface area contributed by atoms with Gasteiger partial charge in [-0.15, -0.1) is 24.0 Å². The van der Waals surface area contributed by atoms with Gasteiger partial charge in [-0.25, -0.2) is 4.99 Å². The Labute approximate surface area is 169 Å². The Morgan fingerprint density at radius 2 is 2.08 bits per heavy atom. The lowest BCUT2D eigenvalue weighted by atomic mass is 10.1. The number of nitrogens with one attached hydrogen (secondary N) is 2. The molecule has 0 amide bonds. The van der Waals surface area contributed by atoms with Crippen LogP contribution in [0.3, 0.4) is 0 Å². The molecular weight excluding hydrogens is 429 g/mol. The first-order valence-electron chi connectivity index (χ1n) is 9.28. The van der Waals surface area contributed by atoms with Crippen molar-refractivity contribution in [3.05, 3.63) is 17.5 Å². The summed E-state index contributed by atoms with van der Waals surface area (Å²) in [5.74, 6) is 2.02. The predicted molar refractivity (Wildman–Crippen MR) is 114 cm³/mol. The maximum absolute atomic E-state index is 5.34. The van der Waals surface area contributed by atoms with Gasteiger partial charge in [0.05, 0.1) is 5.69 Å². The smallest absolute Gasteiger partial charge is 0.191 e. The molecule has 144 valence electrons. The van der Waals surface area contributed by atoms with Crippen LogP contribution in [0.2, 0.25) is 0 Å². The van der Waals surface area contributed by atoms with Crippen molar-refractivity contribution in [3.63, 3.8) is 0 Å². The van der Waals surface area contributed by atoms with Crippen LogP contribution in [0.5, 0.6) is 0 Å². The molecule has 1 aliphatic rings. The fourth-order valence-electron chi connectivity index (χ4n) is 3.05. The lowest BCUT2D eigenvalue weighted by Gasteiger charge is -2.24. The van der Waals surface area contributed by atoms with E-state index >= 15 is 0 Å². The Morgan fingerprint density at radius 1 is 1.36 bits per heavy atom. The molecule has 1 aromatic rings. The number of likely N-dealkylation sites (N-methyl/N-ethyl adjacent to an activating group) is 1. The molecule has 0 bridgehead atoms. The molecule has 0 unspecified atom stereocenters. The zero-order chi connectivity index (χ0) is 17.4. The van der Waals surface area contributed by atoms with E-state index in [1.54, 1.807) is 0 Å². The average molecular weight is 463 g/mol. The van der Waals surface area contributed by atoms with Crippen LogP contribution in [-0.4, -0.2) is 48.7 Å². The van der Waals surface area contributed by atoms with Gasteiger partial charge in [-0.2, -0.15) is 0 Å². The SMILES string of the molecule is CCNC(=NCc1cc(C(C)C)no1)NCCN(C)C1CCCC1.I. The van der Waals surface area contributed by atoms with E-state index < -0.39 is 0 Å². The van der Waals surface area contributed by atoms with Gasteiger partial charge in [0.15, 0.2) is 11.7 Å². The van der Waals surface area contributed by atoms with Crippen molar-refractivity contribution >= 4 is 29.9 Å². The molecule has 0 spiro atoms. The van der Waals surface area contributed by atoms with E-state index in [0.717, 1.165) is 43.1 Å². The monoisotopic (exact) mass is 463 g/mol. The third-order valence-electron chi connectivity index (χ3n) is 4.61. The van der Waals surface area contributed by atoms with Crippen molar-refractivity contribution in [2.75, 3.05) is 26.7 Å². The highest BCUT2D eigenvalue weighted by Crippen LogP contribution is 2.21. The van der Waals surface area contributed by atoms with Crippen molar-refractivity contribution in [1.82, 2.24) is 20.7 Å². The van der Waals surface area contributed by atoms with Crippen molar-refractivity contribution in [3.8, 4) is 0 Å². The Balaban J connectivity index is 0.00000312. The first-order valence-corrected chi connectivity index (χ1v) is 9.28. The number of rotatable bonds is 8. The fourth-order valence-corrected chi connectivity index (χ4v) is 3.05. The van der Waals surface area contributed by atoms with Gasteiger partial charge in [0.1, 0.15) is 6.54 Å². The summed E-state index contributed by atoms with van der Waals surface area (Å²) in [5.41, 5.74) is 0.983. The van der Waals surface area contributed by atoms with E-state index in [-0.39, 0.29) is 24.0 Å².